The topological polar surface area (TPSA) is 55.0 Å². The molecule has 0 amide bonds. The van der Waals surface area contributed by atoms with Crippen LogP contribution in [-0.2, 0) is 6.42 Å². The smallest absolute Gasteiger partial charge is 0.134 e. The maximum atomic E-state index is 5.84. The van der Waals surface area contributed by atoms with Gasteiger partial charge in [-0.15, -0.1) is 0 Å². The van der Waals surface area contributed by atoms with Crippen LogP contribution < -0.4 is 10.6 Å². The first kappa shape index (κ1) is 13.1. The highest BCUT2D eigenvalue weighted by Crippen LogP contribution is 2.25. The van der Waals surface area contributed by atoms with Gasteiger partial charge in [-0.25, -0.2) is 9.97 Å². The van der Waals surface area contributed by atoms with Gasteiger partial charge >= 0.3 is 0 Å². The third-order valence-corrected chi connectivity index (χ3v) is 3.73. The summed E-state index contributed by atoms with van der Waals surface area (Å²) in [5.74, 6) is 3.35. The summed E-state index contributed by atoms with van der Waals surface area (Å²) in [4.78, 5) is 11.2. The van der Waals surface area contributed by atoms with Crippen LogP contribution in [0.25, 0.3) is 0 Å². The van der Waals surface area contributed by atoms with Gasteiger partial charge in [-0.3, -0.25) is 0 Å². The van der Waals surface area contributed by atoms with E-state index in [0.717, 1.165) is 37.1 Å². The van der Waals surface area contributed by atoms with Gasteiger partial charge in [0.1, 0.15) is 17.5 Å². The van der Waals surface area contributed by atoms with Crippen molar-refractivity contribution in [3.8, 4) is 0 Å². The van der Waals surface area contributed by atoms with E-state index < -0.39 is 0 Å². The lowest BCUT2D eigenvalue weighted by Crippen LogP contribution is -2.34. The van der Waals surface area contributed by atoms with Crippen molar-refractivity contribution < 1.29 is 0 Å². The molecular weight excluding hydrogens is 224 g/mol. The zero-order chi connectivity index (χ0) is 13.0. The normalized spacial score (nSPS) is 17.1. The Morgan fingerprint density at radius 1 is 1.28 bits per heavy atom. The molecule has 1 aliphatic heterocycles. The maximum Gasteiger partial charge on any atom is 0.134 e. The van der Waals surface area contributed by atoms with Gasteiger partial charge in [0.2, 0.25) is 0 Å². The molecule has 1 saturated heterocycles. The third kappa shape index (κ3) is 3.12. The van der Waals surface area contributed by atoms with E-state index in [1.165, 1.54) is 25.7 Å². The first-order valence-electron chi connectivity index (χ1n) is 7.11. The van der Waals surface area contributed by atoms with Gasteiger partial charge in [0.05, 0.1) is 0 Å². The van der Waals surface area contributed by atoms with Crippen LogP contribution in [0.1, 0.15) is 45.4 Å². The van der Waals surface area contributed by atoms with Crippen LogP contribution in [0, 0.1) is 5.92 Å². The van der Waals surface area contributed by atoms with Crippen molar-refractivity contribution in [3.63, 3.8) is 0 Å². The molecule has 0 aliphatic carbocycles. The predicted octanol–water partition coefficient (Wildman–Crippen LogP) is 2.64. The van der Waals surface area contributed by atoms with Crippen molar-refractivity contribution in [2.75, 3.05) is 23.7 Å². The third-order valence-electron chi connectivity index (χ3n) is 3.73. The lowest BCUT2D eigenvalue weighted by atomic mass is 9.92. The lowest BCUT2D eigenvalue weighted by molar-refractivity contribution is 0.377. The number of hydrogen-bond acceptors (Lipinski definition) is 4. The second-order valence-electron chi connectivity index (χ2n) is 5.14. The fraction of sp³-hybridized carbons (Fsp3) is 0.714. The van der Waals surface area contributed by atoms with Gasteiger partial charge in [0, 0.05) is 25.6 Å². The number of rotatable bonds is 4. The molecule has 0 bridgehead atoms. The number of aromatic nitrogens is 2. The number of nitrogens with zero attached hydrogens (tertiary/aromatic N) is 3. The minimum absolute atomic E-state index is 0.590. The Morgan fingerprint density at radius 3 is 2.61 bits per heavy atom. The van der Waals surface area contributed by atoms with Crippen molar-refractivity contribution in [2.24, 2.45) is 5.92 Å². The summed E-state index contributed by atoms with van der Waals surface area (Å²) >= 11 is 0. The van der Waals surface area contributed by atoms with Crippen molar-refractivity contribution in [2.45, 2.75) is 46.0 Å². The molecule has 2 rings (SSSR count). The van der Waals surface area contributed by atoms with E-state index in [1.807, 2.05) is 6.07 Å². The zero-order valence-electron chi connectivity index (χ0n) is 11.5. The molecule has 2 N–H and O–H groups in total. The Kier molecular flexibility index (Phi) is 4.39. The summed E-state index contributed by atoms with van der Waals surface area (Å²) in [5, 5.41) is 0. The highest BCUT2D eigenvalue weighted by atomic mass is 15.2. The Morgan fingerprint density at radius 2 is 2.00 bits per heavy atom. The highest BCUT2D eigenvalue weighted by molar-refractivity contribution is 5.47. The molecular formula is C14H24N4. The molecule has 4 nitrogen and oxygen atoms in total. The first-order chi connectivity index (χ1) is 8.72. The maximum absolute atomic E-state index is 5.84. The van der Waals surface area contributed by atoms with Crippen molar-refractivity contribution >= 4 is 11.6 Å². The number of piperidine rings is 1. The molecule has 18 heavy (non-hydrogen) atoms. The van der Waals surface area contributed by atoms with E-state index in [0.29, 0.717) is 5.82 Å². The summed E-state index contributed by atoms with van der Waals surface area (Å²) in [6, 6.07) is 1.90. The first-order valence-corrected chi connectivity index (χ1v) is 7.11. The van der Waals surface area contributed by atoms with E-state index >= 15 is 0 Å². The molecule has 1 aromatic rings. The molecule has 4 heteroatoms. The standard InChI is InChI=1S/C14H24N4/c1-3-5-11-6-8-18(9-7-11)14-10-12(15)16-13(4-2)17-14/h10-11H,3-9H2,1-2H3,(H2,15,16,17). The van der Waals surface area contributed by atoms with Crippen molar-refractivity contribution in [3.05, 3.63) is 11.9 Å². The summed E-state index contributed by atoms with van der Waals surface area (Å²) < 4.78 is 0. The molecule has 1 fully saturated rings. The van der Waals surface area contributed by atoms with Crippen LogP contribution >= 0.6 is 0 Å². The van der Waals surface area contributed by atoms with Crippen LogP contribution in [0.4, 0.5) is 11.6 Å². The monoisotopic (exact) mass is 248 g/mol. The SMILES string of the molecule is CCCC1CCN(c2cc(N)nc(CC)n2)CC1. The molecule has 0 unspecified atom stereocenters. The largest absolute Gasteiger partial charge is 0.384 e. The van der Waals surface area contributed by atoms with Gasteiger partial charge in [0.15, 0.2) is 0 Å². The average molecular weight is 248 g/mol. The van der Waals surface area contributed by atoms with Crippen LogP contribution in [0.15, 0.2) is 6.07 Å². The highest BCUT2D eigenvalue weighted by Gasteiger charge is 2.20. The van der Waals surface area contributed by atoms with Gasteiger partial charge in [-0.2, -0.15) is 0 Å². The molecule has 100 valence electrons. The Hall–Kier alpha value is -1.32. The van der Waals surface area contributed by atoms with E-state index in [4.69, 9.17) is 5.73 Å². The fourth-order valence-corrected chi connectivity index (χ4v) is 2.68. The number of nitrogen functional groups attached to an aromatic ring is 1. The molecule has 0 saturated carbocycles. The van der Waals surface area contributed by atoms with E-state index in [1.54, 1.807) is 0 Å². The van der Waals surface area contributed by atoms with Gasteiger partial charge in [-0.05, 0) is 18.8 Å². The van der Waals surface area contributed by atoms with E-state index in [9.17, 15) is 0 Å². The number of anilines is 2. The molecule has 0 aromatic carbocycles. The summed E-state index contributed by atoms with van der Waals surface area (Å²) in [6.07, 6.45) is 6.05. The van der Waals surface area contributed by atoms with Crippen molar-refractivity contribution in [1.82, 2.24) is 9.97 Å². The molecule has 0 radical (unpaired) electrons. The fourth-order valence-electron chi connectivity index (χ4n) is 2.68. The Balaban J connectivity index is 2.02. The summed E-state index contributed by atoms with van der Waals surface area (Å²) in [6.45, 7) is 6.53. The summed E-state index contributed by atoms with van der Waals surface area (Å²) in [5.41, 5.74) is 5.84. The Bertz CT molecular complexity index is 383. The average Bonchev–Trinajstić information content (AvgIpc) is 2.39. The van der Waals surface area contributed by atoms with Crippen LogP contribution in [-0.4, -0.2) is 23.1 Å². The minimum atomic E-state index is 0.590. The van der Waals surface area contributed by atoms with E-state index in [-0.39, 0.29) is 0 Å². The van der Waals surface area contributed by atoms with Crippen LogP contribution in [0.3, 0.4) is 0 Å². The quantitative estimate of drug-likeness (QED) is 0.890. The van der Waals surface area contributed by atoms with Crippen molar-refractivity contribution in [1.29, 1.82) is 0 Å². The molecule has 1 aliphatic rings. The van der Waals surface area contributed by atoms with Crippen LogP contribution in [0.5, 0.6) is 0 Å². The van der Waals surface area contributed by atoms with Gasteiger partial charge in [-0.1, -0.05) is 26.7 Å². The van der Waals surface area contributed by atoms with Crippen LogP contribution in [0.2, 0.25) is 0 Å². The second kappa shape index (κ2) is 6.03. The molecule has 0 atom stereocenters. The molecule has 0 spiro atoms. The Labute approximate surface area is 110 Å². The number of nitrogens with two attached hydrogens (primary N) is 1. The predicted molar refractivity (Wildman–Crippen MR) is 75.7 cm³/mol. The van der Waals surface area contributed by atoms with E-state index in [2.05, 4.69) is 28.7 Å². The second-order valence-corrected chi connectivity index (χ2v) is 5.14. The minimum Gasteiger partial charge on any atom is -0.384 e. The number of aryl methyl sites for hydroxylation is 1. The van der Waals surface area contributed by atoms with Gasteiger partial charge in [0.25, 0.3) is 0 Å². The lowest BCUT2D eigenvalue weighted by Gasteiger charge is -2.32. The number of hydrogen-bond donors (Lipinski definition) is 1. The van der Waals surface area contributed by atoms with Gasteiger partial charge < -0.3 is 10.6 Å². The summed E-state index contributed by atoms with van der Waals surface area (Å²) in [7, 11) is 0. The molecule has 1 aromatic heterocycles. The molecule has 2 heterocycles. The zero-order valence-corrected chi connectivity index (χ0v) is 11.5.